The fourth-order valence-electron chi connectivity index (χ4n) is 3.13. The van der Waals surface area contributed by atoms with Crippen LogP contribution in [0.25, 0.3) is 16.7 Å². The third kappa shape index (κ3) is 4.23. The first-order chi connectivity index (χ1) is 12.7. The van der Waals surface area contributed by atoms with Crippen molar-refractivity contribution < 1.29 is 31.8 Å². The van der Waals surface area contributed by atoms with Gasteiger partial charge in [-0.15, -0.1) is 13.2 Å². The molecule has 2 nitrogen and oxygen atoms in total. The lowest BCUT2D eigenvalue weighted by Gasteiger charge is -2.19. The maximum atomic E-state index is 14.6. The molecule has 0 heterocycles. The van der Waals surface area contributed by atoms with E-state index < -0.39 is 29.5 Å². The van der Waals surface area contributed by atoms with E-state index in [9.17, 15) is 27.1 Å². The van der Waals surface area contributed by atoms with E-state index in [-0.39, 0.29) is 11.1 Å². The molecule has 0 saturated carbocycles. The molecule has 0 spiro atoms. The van der Waals surface area contributed by atoms with Gasteiger partial charge in [0.1, 0.15) is 5.82 Å². The Morgan fingerprint density at radius 3 is 2.37 bits per heavy atom. The Kier molecular flexibility index (Phi) is 5.13. The van der Waals surface area contributed by atoms with Crippen molar-refractivity contribution in [1.82, 2.24) is 0 Å². The van der Waals surface area contributed by atoms with Gasteiger partial charge in [0, 0.05) is 11.1 Å². The largest absolute Gasteiger partial charge is 0.573 e. The standard InChI is InChI=1S/C20H17F5O2/c1-11-2-4-12(5-3-11)13-6-7-14(16(21)10-13)15-8-9-17(18(22)19(15)26)27-20(23,24)25/h4,6-11,26H,2-3,5H2,1H3. The molecule has 0 aliphatic heterocycles. The van der Waals surface area contributed by atoms with Crippen molar-refractivity contribution in [1.29, 1.82) is 0 Å². The van der Waals surface area contributed by atoms with Crippen molar-refractivity contribution in [2.45, 2.75) is 32.5 Å². The van der Waals surface area contributed by atoms with E-state index in [2.05, 4.69) is 17.7 Å². The number of halogens is 5. The molecule has 3 rings (SSSR count). The zero-order valence-corrected chi connectivity index (χ0v) is 14.4. The van der Waals surface area contributed by atoms with Gasteiger partial charge in [0.25, 0.3) is 0 Å². The van der Waals surface area contributed by atoms with Crippen LogP contribution in [-0.4, -0.2) is 11.5 Å². The number of phenolic OH excluding ortho intramolecular Hbond substituents is 1. The first kappa shape index (κ1) is 19.2. The van der Waals surface area contributed by atoms with Gasteiger partial charge in [-0.1, -0.05) is 25.1 Å². The van der Waals surface area contributed by atoms with E-state index in [1.165, 1.54) is 12.1 Å². The van der Waals surface area contributed by atoms with Crippen LogP contribution in [0.2, 0.25) is 0 Å². The summed E-state index contributed by atoms with van der Waals surface area (Å²) < 4.78 is 68.8. The quantitative estimate of drug-likeness (QED) is 0.617. The minimum Gasteiger partial charge on any atom is -0.504 e. The van der Waals surface area contributed by atoms with Gasteiger partial charge in [-0.2, -0.15) is 4.39 Å². The Morgan fingerprint density at radius 1 is 1.07 bits per heavy atom. The zero-order valence-electron chi connectivity index (χ0n) is 14.4. The van der Waals surface area contributed by atoms with Crippen LogP contribution in [0, 0.1) is 17.6 Å². The van der Waals surface area contributed by atoms with Crippen LogP contribution in [-0.2, 0) is 0 Å². The fourth-order valence-corrected chi connectivity index (χ4v) is 3.13. The zero-order chi connectivity index (χ0) is 19.8. The van der Waals surface area contributed by atoms with Crippen molar-refractivity contribution in [2.24, 2.45) is 5.92 Å². The summed E-state index contributed by atoms with van der Waals surface area (Å²) in [5.74, 6) is -4.00. The highest BCUT2D eigenvalue weighted by Crippen LogP contribution is 2.40. The first-order valence-corrected chi connectivity index (χ1v) is 8.42. The van der Waals surface area contributed by atoms with E-state index in [1.54, 1.807) is 6.07 Å². The van der Waals surface area contributed by atoms with Gasteiger partial charge >= 0.3 is 6.36 Å². The van der Waals surface area contributed by atoms with Crippen molar-refractivity contribution in [2.75, 3.05) is 0 Å². The molecule has 0 saturated heterocycles. The molecular formula is C20H17F5O2. The Hall–Kier alpha value is -2.57. The minimum atomic E-state index is -5.10. The number of phenols is 1. The third-order valence-electron chi connectivity index (χ3n) is 4.61. The second-order valence-electron chi connectivity index (χ2n) is 6.63. The van der Waals surface area contributed by atoms with Gasteiger partial charge in [0.2, 0.25) is 5.82 Å². The van der Waals surface area contributed by atoms with Crippen molar-refractivity contribution >= 4 is 5.57 Å². The number of benzene rings is 2. The van der Waals surface area contributed by atoms with Crippen molar-refractivity contribution in [3.8, 4) is 22.6 Å². The lowest BCUT2D eigenvalue weighted by atomic mass is 9.87. The minimum absolute atomic E-state index is 0.113. The molecule has 7 heteroatoms. The summed E-state index contributed by atoms with van der Waals surface area (Å²) in [5, 5.41) is 9.90. The maximum absolute atomic E-state index is 14.6. The molecule has 0 amide bonds. The summed E-state index contributed by atoms with van der Waals surface area (Å²) in [6.07, 6.45) is -0.313. The lowest BCUT2D eigenvalue weighted by Crippen LogP contribution is -2.18. The van der Waals surface area contributed by atoms with Crippen LogP contribution in [0.15, 0.2) is 36.4 Å². The van der Waals surface area contributed by atoms with Crippen LogP contribution in [0.4, 0.5) is 22.0 Å². The summed E-state index contributed by atoms with van der Waals surface area (Å²) in [5.41, 5.74) is 1.35. The molecule has 1 aliphatic rings. The predicted octanol–water partition coefficient (Wildman–Crippen LogP) is 6.44. The summed E-state index contributed by atoms with van der Waals surface area (Å²) in [6, 6.07) is 6.00. The molecule has 0 fully saturated rings. The number of hydrogen-bond acceptors (Lipinski definition) is 2. The number of alkyl halides is 3. The second-order valence-corrected chi connectivity index (χ2v) is 6.63. The molecule has 1 aliphatic carbocycles. The van der Waals surface area contributed by atoms with Gasteiger partial charge in [-0.05, 0) is 54.5 Å². The molecule has 2 aromatic rings. The SMILES string of the molecule is CC1CC=C(c2ccc(-c3ccc(OC(F)(F)F)c(F)c3O)c(F)c2)CC1. The molecule has 1 N–H and O–H groups in total. The van der Waals surface area contributed by atoms with Crippen molar-refractivity contribution in [3.63, 3.8) is 0 Å². The molecule has 1 unspecified atom stereocenters. The Balaban J connectivity index is 1.94. The fraction of sp³-hybridized carbons (Fsp3) is 0.300. The normalized spacial score (nSPS) is 17.6. The van der Waals surface area contributed by atoms with E-state index in [0.29, 0.717) is 17.5 Å². The summed E-state index contributed by atoms with van der Waals surface area (Å²) in [6.45, 7) is 2.14. The lowest BCUT2D eigenvalue weighted by molar-refractivity contribution is -0.275. The average molecular weight is 384 g/mol. The first-order valence-electron chi connectivity index (χ1n) is 8.42. The molecule has 2 aromatic carbocycles. The molecule has 27 heavy (non-hydrogen) atoms. The van der Waals surface area contributed by atoms with Crippen LogP contribution in [0.5, 0.6) is 11.5 Å². The molecular weight excluding hydrogens is 367 g/mol. The van der Waals surface area contributed by atoms with Gasteiger partial charge < -0.3 is 9.84 Å². The number of rotatable bonds is 3. The maximum Gasteiger partial charge on any atom is 0.573 e. The van der Waals surface area contributed by atoms with Crippen molar-refractivity contribution in [3.05, 3.63) is 53.6 Å². The molecule has 0 aromatic heterocycles. The highest BCUT2D eigenvalue weighted by molar-refractivity contribution is 5.75. The third-order valence-corrected chi connectivity index (χ3v) is 4.61. The number of hydrogen-bond donors (Lipinski definition) is 1. The number of aromatic hydroxyl groups is 1. The second kappa shape index (κ2) is 7.21. The predicted molar refractivity (Wildman–Crippen MR) is 91.1 cm³/mol. The Morgan fingerprint density at radius 2 is 1.78 bits per heavy atom. The van der Waals surface area contributed by atoms with E-state index in [1.807, 2.05) is 0 Å². The number of allylic oxidation sites excluding steroid dienone is 2. The Bertz CT molecular complexity index is 887. The molecule has 0 radical (unpaired) electrons. The number of ether oxygens (including phenoxy) is 1. The van der Waals surface area contributed by atoms with E-state index in [4.69, 9.17) is 0 Å². The average Bonchev–Trinajstić information content (AvgIpc) is 2.59. The van der Waals surface area contributed by atoms with Gasteiger partial charge in [0.15, 0.2) is 11.5 Å². The summed E-state index contributed by atoms with van der Waals surface area (Å²) in [4.78, 5) is 0. The monoisotopic (exact) mass is 384 g/mol. The molecule has 1 atom stereocenters. The topological polar surface area (TPSA) is 29.5 Å². The highest BCUT2D eigenvalue weighted by atomic mass is 19.4. The van der Waals surface area contributed by atoms with Crippen LogP contribution < -0.4 is 4.74 Å². The van der Waals surface area contributed by atoms with Gasteiger partial charge in [-0.25, -0.2) is 4.39 Å². The highest BCUT2D eigenvalue weighted by Gasteiger charge is 2.33. The van der Waals surface area contributed by atoms with E-state index in [0.717, 1.165) is 30.9 Å². The van der Waals surface area contributed by atoms with Gasteiger partial charge in [0.05, 0.1) is 0 Å². The summed E-state index contributed by atoms with van der Waals surface area (Å²) >= 11 is 0. The Labute approximate surface area is 152 Å². The van der Waals surface area contributed by atoms with Gasteiger partial charge in [-0.3, -0.25) is 0 Å². The molecule has 144 valence electrons. The van der Waals surface area contributed by atoms with E-state index >= 15 is 0 Å². The van der Waals surface area contributed by atoms with Crippen LogP contribution in [0.3, 0.4) is 0 Å². The smallest absolute Gasteiger partial charge is 0.504 e. The molecule has 0 bridgehead atoms. The van der Waals surface area contributed by atoms with Crippen LogP contribution >= 0.6 is 0 Å². The van der Waals surface area contributed by atoms with Crippen LogP contribution in [0.1, 0.15) is 31.7 Å². The summed E-state index contributed by atoms with van der Waals surface area (Å²) in [7, 11) is 0.